The number of likely N-dealkylation sites (N-methyl/N-ethyl adjacent to an activating group) is 1. The van der Waals surface area contributed by atoms with Gasteiger partial charge in [0.25, 0.3) is 0 Å². The number of benzene rings is 2. The average molecular weight is 542 g/mol. The highest BCUT2D eigenvalue weighted by Crippen LogP contribution is 2.27. The number of carbonyl (C=O) groups excluding carboxylic acids is 1. The van der Waals surface area contributed by atoms with E-state index in [9.17, 15) is 17.6 Å². The molecule has 0 saturated heterocycles. The van der Waals surface area contributed by atoms with Crippen molar-refractivity contribution in [3.8, 4) is 0 Å². The van der Waals surface area contributed by atoms with Crippen molar-refractivity contribution in [1.82, 2.24) is 19.9 Å². The van der Waals surface area contributed by atoms with E-state index >= 15 is 0 Å². The Balaban J connectivity index is 1.31. The van der Waals surface area contributed by atoms with Crippen LogP contribution in [0.5, 0.6) is 0 Å². The van der Waals surface area contributed by atoms with Gasteiger partial charge < -0.3 is 15.5 Å². The molecule has 204 valence electrons. The number of sulfonamides is 1. The highest BCUT2D eigenvalue weighted by Gasteiger charge is 2.30. The Hall–Kier alpha value is -3.08. The Labute approximate surface area is 224 Å². The number of nitrogens with zero attached hydrogens (tertiary/aromatic N) is 2. The second-order valence-corrected chi connectivity index (χ2v) is 11.9. The Morgan fingerprint density at radius 2 is 1.76 bits per heavy atom. The molecule has 2 aromatic carbocycles. The van der Waals surface area contributed by atoms with Gasteiger partial charge in [-0.25, -0.2) is 22.5 Å². The molecule has 1 saturated carbocycles. The molecule has 38 heavy (non-hydrogen) atoms. The van der Waals surface area contributed by atoms with Crippen molar-refractivity contribution < 1.29 is 17.6 Å². The molecular weight excluding hydrogens is 505 g/mol. The summed E-state index contributed by atoms with van der Waals surface area (Å²) in [7, 11) is 0.301. The fourth-order valence-corrected chi connectivity index (χ4v) is 6.04. The molecular formula is C28H36FN5O3S. The molecule has 3 aromatic rings. The van der Waals surface area contributed by atoms with Crippen LogP contribution in [-0.2, 0) is 14.8 Å². The molecule has 0 spiro atoms. The molecule has 4 rings (SSSR count). The van der Waals surface area contributed by atoms with Crippen molar-refractivity contribution in [2.75, 3.05) is 32.5 Å². The molecule has 1 aliphatic rings. The van der Waals surface area contributed by atoms with Crippen LogP contribution < -0.4 is 15.4 Å². The molecule has 0 aliphatic heterocycles. The highest BCUT2D eigenvalue weighted by atomic mass is 32.2. The number of hydrogen-bond acceptors (Lipinski definition) is 6. The van der Waals surface area contributed by atoms with Crippen LogP contribution in [0.3, 0.4) is 0 Å². The normalized spacial score (nSPS) is 18.9. The lowest BCUT2D eigenvalue weighted by molar-refractivity contribution is -0.126. The quantitative estimate of drug-likeness (QED) is 0.358. The summed E-state index contributed by atoms with van der Waals surface area (Å²) in [5.41, 5.74) is 1.56. The van der Waals surface area contributed by atoms with Gasteiger partial charge in [0.2, 0.25) is 15.9 Å². The van der Waals surface area contributed by atoms with Crippen molar-refractivity contribution in [2.45, 2.75) is 49.6 Å². The van der Waals surface area contributed by atoms with E-state index in [0.29, 0.717) is 25.7 Å². The number of fused-ring (bicyclic) bond motifs is 1. The minimum absolute atomic E-state index is 0.0549. The van der Waals surface area contributed by atoms with Gasteiger partial charge in [-0.3, -0.25) is 4.79 Å². The first-order valence-corrected chi connectivity index (χ1v) is 14.5. The van der Waals surface area contributed by atoms with Crippen LogP contribution in [-0.4, -0.2) is 57.4 Å². The van der Waals surface area contributed by atoms with Gasteiger partial charge in [-0.05, 0) is 94.7 Å². The van der Waals surface area contributed by atoms with Crippen molar-refractivity contribution in [3.63, 3.8) is 0 Å². The first-order valence-electron chi connectivity index (χ1n) is 13.0. The van der Waals surface area contributed by atoms with Crippen molar-refractivity contribution in [2.24, 2.45) is 5.92 Å². The van der Waals surface area contributed by atoms with Gasteiger partial charge in [0.05, 0.1) is 16.5 Å². The van der Waals surface area contributed by atoms with Crippen LogP contribution in [0.15, 0.2) is 59.5 Å². The second-order valence-electron chi connectivity index (χ2n) is 10.2. The molecule has 1 aromatic heterocycles. The summed E-state index contributed by atoms with van der Waals surface area (Å²) >= 11 is 0. The van der Waals surface area contributed by atoms with Crippen LogP contribution >= 0.6 is 0 Å². The monoisotopic (exact) mass is 541 g/mol. The number of halogens is 1. The minimum Gasteiger partial charge on any atom is -0.369 e. The molecule has 1 heterocycles. The van der Waals surface area contributed by atoms with Crippen LogP contribution in [0.1, 0.15) is 44.2 Å². The molecule has 1 amide bonds. The molecule has 1 atom stereocenters. The van der Waals surface area contributed by atoms with Gasteiger partial charge in [0, 0.05) is 30.4 Å². The molecule has 0 unspecified atom stereocenters. The molecule has 1 fully saturated rings. The number of pyridine rings is 1. The fraction of sp³-hybridized carbons (Fsp3) is 0.429. The second kappa shape index (κ2) is 12.2. The minimum atomic E-state index is -3.71. The van der Waals surface area contributed by atoms with E-state index in [2.05, 4.69) is 25.2 Å². The third-order valence-electron chi connectivity index (χ3n) is 6.98. The molecule has 0 bridgehead atoms. The molecule has 1 aliphatic carbocycles. The molecule has 3 N–H and O–H groups in total. The van der Waals surface area contributed by atoms with Gasteiger partial charge in [-0.1, -0.05) is 12.1 Å². The summed E-state index contributed by atoms with van der Waals surface area (Å²) in [4.78, 5) is 19.6. The van der Waals surface area contributed by atoms with Crippen molar-refractivity contribution >= 4 is 32.7 Å². The third-order valence-corrected chi connectivity index (χ3v) is 8.50. The maximum Gasteiger partial charge on any atom is 0.240 e. The van der Waals surface area contributed by atoms with Crippen LogP contribution in [0.4, 0.5) is 10.2 Å². The summed E-state index contributed by atoms with van der Waals surface area (Å²) in [5.74, 6) is 0.207. The average Bonchev–Trinajstić information content (AvgIpc) is 2.88. The van der Waals surface area contributed by atoms with Crippen LogP contribution in [0.2, 0.25) is 0 Å². The number of amides is 1. The van der Waals surface area contributed by atoms with Gasteiger partial charge in [0.1, 0.15) is 11.6 Å². The zero-order chi connectivity index (χ0) is 27.3. The number of aromatic nitrogens is 1. The predicted molar refractivity (Wildman–Crippen MR) is 148 cm³/mol. The predicted octanol–water partition coefficient (Wildman–Crippen LogP) is 4.06. The van der Waals surface area contributed by atoms with E-state index in [4.69, 9.17) is 0 Å². The van der Waals surface area contributed by atoms with Crippen LogP contribution in [0.25, 0.3) is 10.9 Å². The van der Waals surface area contributed by atoms with E-state index in [-0.39, 0.29) is 34.6 Å². The Morgan fingerprint density at radius 3 is 2.45 bits per heavy atom. The van der Waals surface area contributed by atoms with Gasteiger partial charge >= 0.3 is 0 Å². The zero-order valence-electron chi connectivity index (χ0n) is 22.1. The summed E-state index contributed by atoms with van der Waals surface area (Å²) in [5, 5.41) is 7.02. The zero-order valence-corrected chi connectivity index (χ0v) is 22.9. The smallest absolute Gasteiger partial charge is 0.240 e. The van der Waals surface area contributed by atoms with E-state index in [1.807, 2.05) is 33.2 Å². The number of nitrogens with one attached hydrogen (secondary N) is 3. The number of rotatable bonds is 10. The topological polar surface area (TPSA) is 103 Å². The lowest BCUT2D eigenvalue weighted by Gasteiger charge is -2.29. The van der Waals surface area contributed by atoms with Gasteiger partial charge in [-0.15, -0.1) is 0 Å². The maximum atomic E-state index is 13.2. The first-order chi connectivity index (χ1) is 18.1. The largest absolute Gasteiger partial charge is 0.369 e. The number of hydrogen-bond donors (Lipinski definition) is 3. The van der Waals surface area contributed by atoms with Gasteiger partial charge in [-0.2, -0.15) is 0 Å². The third kappa shape index (κ3) is 7.27. The van der Waals surface area contributed by atoms with E-state index in [1.54, 1.807) is 30.3 Å². The van der Waals surface area contributed by atoms with Crippen molar-refractivity contribution in [3.05, 3.63) is 66.0 Å². The number of carbonyl (C=O) groups is 1. The van der Waals surface area contributed by atoms with Gasteiger partial charge in [0.15, 0.2) is 0 Å². The van der Waals surface area contributed by atoms with E-state index < -0.39 is 10.0 Å². The Kier molecular flexibility index (Phi) is 8.96. The number of anilines is 1. The first kappa shape index (κ1) is 27.9. The standard InChI is InChI=1S/C28H36FN5O3S/c1-19(20-4-9-23(29)10-5-20)31-28(35)21-6-11-24(12-7-21)33-38(36,37)25-13-14-26-22(18-25)8-15-27(32-26)30-16-17-34(2)3/h4-5,8-10,13-15,18-19,21,24,33H,6-7,11-12,16-17H2,1-3H3,(H,30,32)(H,31,35)/t19-,21-,24-/m1/s1. The Bertz CT molecular complexity index is 1360. The van der Waals surface area contributed by atoms with Crippen molar-refractivity contribution in [1.29, 1.82) is 0 Å². The maximum absolute atomic E-state index is 13.2. The summed E-state index contributed by atoms with van der Waals surface area (Å²) in [6, 6.07) is 14.3. The van der Waals surface area contributed by atoms with Crippen LogP contribution in [0, 0.1) is 11.7 Å². The summed E-state index contributed by atoms with van der Waals surface area (Å²) in [6.07, 6.45) is 2.36. The molecule has 8 nitrogen and oxygen atoms in total. The fourth-order valence-electron chi connectivity index (χ4n) is 4.70. The lowest BCUT2D eigenvalue weighted by Crippen LogP contribution is -2.41. The lowest BCUT2D eigenvalue weighted by atomic mass is 9.85. The summed E-state index contributed by atoms with van der Waals surface area (Å²) < 4.78 is 42.2. The summed E-state index contributed by atoms with van der Waals surface area (Å²) in [6.45, 7) is 3.51. The molecule has 0 radical (unpaired) electrons. The van der Waals surface area contributed by atoms with E-state index in [0.717, 1.165) is 35.4 Å². The van der Waals surface area contributed by atoms with E-state index in [1.165, 1.54) is 12.1 Å². The highest BCUT2D eigenvalue weighted by molar-refractivity contribution is 7.89. The Morgan fingerprint density at radius 1 is 1.05 bits per heavy atom. The SMILES string of the molecule is C[C@@H](NC(=O)[C@H]1CC[C@H](NS(=O)(=O)c2ccc3nc(NCCN(C)C)ccc3c2)CC1)c1ccc(F)cc1. The molecule has 10 heteroatoms.